The summed E-state index contributed by atoms with van der Waals surface area (Å²) in [6, 6.07) is 11.1. The number of ether oxygens (including phenoxy) is 3. The Morgan fingerprint density at radius 1 is 1.00 bits per heavy atom. The second-order valence-electron chi connectivity index (χ2n) is 5.28. The molecule has 2 rings (SSSR count). The van der Waals surface area contributed by atoms with Crippen molar-refractivity contribution in [3.05, 3.63) is 53.6 Å². The smallest absolute Gasteiger partial charge is 0.276 e. The van der Waals surface area contributed by atoms with Crippen molar-refractivity contribution in [3.63, 3.8) is 0 Å². The van der Waals surface area contributed by atoms with E-state index >= 15 is 0 Å². The molecule has 2 aromatic rings. The lowest BCUT2D eigenvalue weighted by Crippen LogP contribution is -2.43. The van der Waals surface area contributed by atoms with E-state index in [0.717, 1.165) is 0 Å². The van der Waals surface area contributed by atoms with E-state index in [4.69, 9.17) is 14.2 Å². The van der Waals surface area contributed by atoms with E-state index in [9.17, 15) is 14.4 Å². The summed E-state index contributed by atoms with van der Waals surface area (Å²) in [6.45, 7) is 2.05. The van der Waals surface area contributed by atoms with Crippen LogP contribution >= 0.6 is 0 Å². The number of rotatable bonds is 8. The first-order chi connectivity index (χ1) is 13.1. The second kappa shape index (κ2) is 9.81. The van der Waals surface area contributed by atoms with Crippen LogP contribution in [0.5, 0.6) is 17.2 Å². The summed E-state index contributed by atoms with van der Waals surface area (Å²) < 4.78 is 15.8. The normalized spacial score (nSPS) is 9.85. The molecule has 0 saturated heterocycles. The van der Waals surface area contributed by atoms with Gasteiger partial charge < -0.3 is 14.2 Å². The quantitative estimate of drug-likeness (QED) is 0.541. The van der Waals surface area contributed by atoms with Crippen LogP contribution in [0.1, 0.15) is 27.6 Å². The third-order valence-corrected chi connectivity index (χ3v) is 3.43. The number of hydrogen-bond acceptors (Lipinski definition) is 6. The average molecular weight is 372 g/mol. The van der Waals surface area contributed by atoms with Gasteiger partial charge in [0.15, 0.2) is 18.1 Å². The van der Waals surface area contributed by atoms with Crippen LogP contribution in [0, 0.1) is 0 Å². The van der Waals surface area contributed by atoms with Crippen molar-refractivity contribution in [2.24, 2.45) is 0 Å². The maximum Gasteiger partial charge on any atom is 0.276 e. The van der Waals surface area contributed by atoms with Crippen molar-refractivity contribution in [1.82, 2.24) is 10.9 Å². The van der Waals surface area contributed by atoms with Crippen LogP contribution in [0.25, 0.3) is 0 Å². The first-order valence-corrected chi connectivity index (χ1v) is 8.15. The van der Waals surface area contributed by atoms with Crippen molar-refractivity contribution >= 4 is 18.1 Å². The molecule has 2 amide bonds. The summed E-state index contributed by atoms with van der Waals surface area (Å²) in [6.07, 6.45) is 0.676. The molecule has 0 heterocycles. The third kappa shape index (κ3) is 5.74. The fourth-order valence-electron chi connectivity index (χ4n) is 2.12. The summed E-state index contributed by atoms with van der Waals surface area (Å²) in [4.78, 5) is 34.6. The minimum atomic E-state index is -0.559. The minimum absolute atomic E-state index is 0.302. The third-order valence-electron chi connectivity index (χ3n) is 3.43. The SMILES string of the molecule is CCOc1ccc(C(=O)NNC(=O)COc2ccc(C=O)cc2OC)cc1. The summed E-state index contributed by atoms with van der Waals surface area (Å²) in [5.41, 5.74) is 5.34. The lowest BCUT2D eigenvalue weighted by atomic mass is 10.2. The zero-order valence-electron chi connectivity index (χ0n) is 15.0. The lowest BCUT2D eigenvalue weighted by molar-refractivity contribution is -0.123. The predicted molar refractivity (Wildman–Crippen MR) is 97.1 cm³/mol. The van der Waals surface area contributed by atoms with Crippen molar-refractivity contribution < 1.29 is 28.6 Å². The molecule has 2 N–H and O–H groups in total. The van der Waals surface area contributed by atoms with Crippen molar-refractivity contribution in [2.75, 3.05) is 20.3 Å². The number of carbonyl (C=O) groups is 3. The number of nitrogens with one attached hydrogen (secondary N) is 2. The molecular formula is C19H20N2O6. The predicted octanol–water partition coefficient (Wildman–Crippen LogP) is 1.75. The molecule has 0 aliphatic heterocycles. The minimum Gasteiger partial charge on any atom is -0.494 e. The summed E-state index contributed by atoms with van der Waals surface area (Å²) in [5.74, 6) is 0.248. The number of aldehydes is 1. The Morgan fingerprint density at radius 2 is 1.74 bits per heavy atom. The van der Waals surface area contributed by atoms with Gasteiger partial charge in [-0.25, -0.2) is 0 Å². The Labute approximate surface area is 156 Å². The average Bonchev–Trinajstić information content (AvgIpc) is 2.71. The van der Waals surface area contributed by atoms with Crippen LogP contribution in [0.3, 0.4) is 0 Å². The highest BCUT2D eigenvalue weighted by Crippen LogP contribution is 2.27. The van der Waals surface area contributed by atoms with E-state index in [1.807, 2.05) is 6.92 Å². The number of hydrogen-bond donors (Lipinski definition) is 2. The molecule has 0 spiro atoms. The highest BCUT2D eigenvalue weighted by atomic mass is 16.5. The van der Waals surface area contributed by atoms with Crippen LogP contribution in [-0.2, 0) is 4.79 Å². The van der Waals surface area contributed by atoms with Gasteiger partial charge in [-0.15, -0.1) is 0 Å². The molecule has 0 atom stereocenters. The molecule has 8 heteroatoms. The van der Waals surface area contributed by atoms with Gasteiger partial charge in [0.25, 0.3) is 11.8 Å². The molecular weight excluding hydrogens is 352 g/mol. The lowest BCUT2D eigenvalue weighted by Gasteiger charge is -2.12. The monoisotopic (exact) mass is 372 g/mol. The van der Waals surface area contributed by atoms with Gasteiger partial charge in [-0.05, 0) is 49.4 Å². The fraction of sp³-hybridized carbons (Fsp3) is 0.211. The zero-order chi connectivity index (χ0) is 19.6. The van der Waals surface area contributed by atoms with E-state index in [2.05, 4.69) is 10.9 Å². The van der Waals surface area contributed by atoms with Gasteiger partial charge in [-0.1, -0.05) is 0 Å². The highest BCUT2D eigenvalue weighted by Gasteiger charge is 2.10. The van der Waals surface area contributed by atoms with Gasteiger partial charge in [0, 0.05) is 11.1 Å². The largest absolute Gasteiger partial charge is 0.494 e. The Hall–Kier alpha value is -3.55. The maximum absolute atomic E-state index is 12.0. The highest BCUT2D eigenvalue weighted by molar-refractivity contribution is 5.95. The second-order valence-corrected chi connectivity index (χ2v) is 5.28. The van der Waals surface area contributed by atoms with E-state index in [1.54, 1.807) is 24.3 Å². The molecule has 0 aromatic heterocycles. The number of methoxy groups -OCH3 is 1. The maximum atomic E-state index is 12.0. The van der Waals surface area contributed by atoms with Gasteiger partial charge in [0.1, 0.15) is 12.0 Å². The van der Waals surface area contributed by atoms with Crippen molar-refractivity contribution in [3.8, 4) is 17.2 Å². The molecule has 2 aromatic carbocycles. The summed E-state index contributed by atoms with van der Waals surface area (Å²) >= 11 is 0. The van der Waals surface area contributed by atoms with E-state index in [0.29, 0.717) is 41.3 Å². The number of amides is 2. The van der Waals surface area contributed by atoms with Gasteiger partial charge in [0.05, 0.1) is 13.7 Å². The molecule has 0 saturated carbocycles. The van der Waals surface area contributed by atoms with Gasteiger partial charge in [0.2, 0.25) is 0 Å². The topological polar surface area (TPSA) is 103 Å². The molecule has 0 aliphatic rings. The first-order valence-electron chi connectivity index (χ1n) is 8.15. The molecule has 0 bridgehead atoms. The fourth-order valence-corrected chi connectivity index (χ4v) is 2.12. The van der Waals surface area contributed by atoms with E-state index in [-0.39, 0.29) is 6.61 Å². The van der Waals surface area contributed by atoms with Crippen LogP contribution in [0.2, 0.25) is 0 Å². The molecule has 0 unspecified atom stereocenters. The van der Waals surface area contributed by atoms with Gasteiger partial charge in [-0.3, -0.25) is 25.2 Å². The zero-order valence-corrected chi connectivity index (χ0v) is 15.0. The van der Waals surface area contributed by atoms with E-state index < -0.39 is 11.8 Å². The molecule has 0 aliphatic carbocycles. The van der Waals surface area contributed by atoms with Crippen LogP contribution < -0.4 is 25.1 Å². The Balaban J connectivity index is 1.83. The van der Waals surface area contributed by atoms with Crippen LogP contribution in [0.15, 0.2) is 42.5 Å². The Morgan fingerprint density at radius 3 is 2.37 bits per heavy atom. The van der Waals surface area contributed by atoms with Crippen molar-refractivity contribution in [1.29, 1.82) is 0 Å². The van der Waals surface area contributed by atoms with Gasteiger partial charge >= 0.3 is 0 Å². The number of carbonyl (C=O) groups excluding carboxylic acids is 3. The molecule has 0 fully saturated rings. The Kier molecular flexibility index (Phi) is 7.18. The van der Waals surface area contributed by atoms with E-state index in [1.165, 1.54) is 25.3 Å². The molecule has 27 heavy (non-hydrogen) atoms. The van der Waals surface area contributed by atoms with Gasteiger partial charge in [-0.2, -0.15) is 0 Å². The molecule has 8 nitrogen and oxygen atoms in total. The standard InChI is InChI=1S/C19H20N2O6/c1-3-26-15-7-5-14(6-8-15)19(24)21-20-18(23)12-27-16-9-4-13(11-22)10-17(16)25-2/h4-11H,3,12H2,1-2H3,(H,20,23)(H,21,24). The number of benzene rings is 2. The first kappa shape index (κ1) is 19.8. The van der Waals surface area contributed by atoms with Crippen LogP contribution in [-0.4, -0.2) is 38.4 Å². The van der Waals surface area contributed by atoms with Crippen LogP contribution in [0.4, 0.5) is 0 Å². The summed E-state index contributed by atoms with van der Waals surface area (Å²) in [7, 11) is 1.42. The Bertz CT molecular complexity index is 804. The molecule has 0 radical (unpaired) electrons. The van der Waals surface area contributed by atoms with Crippen molar-refractivity contribution in [2.45, 2.75) is 6.92 Å². The summed E-state index contributed by atoms with van der Waals surface area (Å²) in [5, 5.41) is 0. The molecule has 142 valence electrons. The number of hydrazine groups is 1.